The summed E-state index contributed by atoms with van der Waals surface area (Å²) in [5.74, 6) is 0. The number of hydrogen-bond acceptors (Lipinski definition) is 3. The molecule has 4 heteroatoms. The molecule has 1 fully saturated rings. The zero-order valence-corrected chi connectivity index (χ0v) is 9.28. The van der Waals surface area contributed by atoms with Crippen molar-refractivity contribution in [1.82, 2.24) is 0 Å². The van der Waals surface area contributed by atoms with Crippen molar-refractivity contribution < 1.29 is 4.74 Å². The fourth-order valence-corrected chi connectivity index (χ4v) is 2.10. The van der Waals surface area contributed by atoms with Crippen LogP contribution in [0.5, 0.6) is 0 Å². The molecule has 1 aliphatic rings. The largest absolute Gasteiger partial charge is 0.377 e. The van der Waals surface area contributed by atoms with E-state index in [9.17, 15) is 0 Å². The Morgan fingerprint density at radius 3 is 3.00 bits per heavy atom. The van der Waals surface area contributed by atoms with Gasteiger partial charge < -0.3 is 15.4 Å². The van der Waals surface area contributed by atoms with Crippen LogP contribution in [0.15, 0.2) is 24.3 Å². The molecule has 82 valence electrons. The molecule has 1 aliphatic heterocycles. The quantitative estimate of drug-likeness (QED) is 0.831. The topological polar surface area (TPSA) is 38.5 Å². The Morgan fingerprint density at radius 2 is 2.27 bits per heavy atom. The lowest BCUT2D eigenvalue weighted by Gasteiger charge is -2.37. The first-order valence-corrected chi connectivity index (χ1v) is 5.49. The summed E-state index contributed by atoms with van der Waals surface area (Å²) >= 11 is 6.16. The molecule has 1 unspecified atom stereocenters. The Kier molecular flexibility index (Phi) is 3.46. The van der Waals surface area contributed by atoms with E-state index in [0.717, 1.165) is 23.9 Å². The number of halogens is 1. The van der Waals surface area contributed by atoms with Crippen LogP contribution in [0, 0.1) is 0 Å². The number of para-hydroxylation sites is 1. The number of anilines is 1. The molecule has 2 rings (SSSR count). The maximum atomic E-state index is 6.16. The number of nitrogens with zero attached hydrogens (tertiary/aromatic N) is 1. The fraction of sp³-hybridized carbons (Fsp3) is 0.455. The standard InChI is InChI=1S/C11H15ClN2O/c12-10-3-1-2-4-11(10)14-5-6-15-8-9(14)7-13/h1-4,9H,5-8,13H2. The molecule has 0 spiro atoms. The summed E-state index contributed by atoms with van der Waals surface area (Å²) in [5, 5.41) is 0.776. The zero-order chi connectivity index (χ0) is 10.7. The Labute approximate surface area is 94.8 Å². The maximum Gasteiger partial charge on any atom is 0.0683 e. The minimum atomic E-state index is 0.235. The van der Waals surface area contributed by atoms with Gasteiger partial charge in [0.05, 0.1) is 30.0 Å². The average molecular weight is 227 g/mol. The molecular weight excluding hydrogens is 212 g/mol. The summed E-state index contributed by atoms with van der Waals surface area (Å²) in [4.78, 5) is 2.23. The van der Waals surface area contributed by atoms with Gasteiger partial charge in [-0.2, -0.15) is 0 Å². The molecule has 0 radical (unpaired) electrons. The van der Waals surface area contributed by atoms with E-state index in [1.165, 1.54) is 0 Å². The second kappa shape index (κ2) is 4.84. The first-order valence-electron chi connectivity index (χ1n) is 5.12. The van der Waals surface area contributed by atoms with E-state index >= 15 is 0 Å². The van der Waals surface area contributed by atoms with Gasteiger partial charge in [0, 0.05) is 13.1 Å². The molecule has 2 N–H and O–H groups in total. The normalized spacial score (nSPS) is 21.7. The molecule has 0 saturated carbocycles. The van der Waals surface area contributed by atoms with Gasteiger partial charge in [0.2, 0.25) is 0 Å². The van der Waals surface area contributed by atoms with Crippen LogP contribution >= 0.6 is 11.6 Å². The van der Waals surface area contributed by atoms with Crippen LogP contribution in [0.2, 0.25) is 5.02 Å². The molecule has 1 aromatic rings. The number of ether oxygens (including phenoxy) is 1. The smallest absolute Gasteiger partial charge is 0.0683 e. The molecule has 15 heavy (non-hydrogen) atoms. The van der Waals surface area contributed by atoms with Gasteiger partial charge in [-0.25, -0.2) is 0 Å². The van der Waals surface area contributed by atoms with Crippen molar-refractivity contribution in [3.8, 4) is 0 Å². The van der Waals surface area contributed by atoms with E-state index < -0.39 is 0 Å². The minimum Gasteiger partial charge on any atom is -0.377 e. The van der Waals surface area contributed by atoms with Crippen molar-refractivity contribution in [2.75, 3.05) is 31.2 Å². The highest BCUT2D eigenvalue weighted by Crippen LogP contribution is 2.27. The van der Waals surface area contributed by atoms with Crippen LogP contribution < -0.4 is 10.6 Å². The molecule has 0 aromatic heterocycles. The molecule has 1 atom stereocenters. The Balaban J connectivity index is 2.24. The van der Waals surface area contributed by atoms with Crippen molar-refractivity contribution in [1.29, 1.82) is 0 Å². The average Bonchev–Trinajstić information content (AvgIpc) is 2.30. The second-order valence-electron chi connectivity index (χ2n) is 3.61. The summed E-state index contributed by atoms with van der Waals surface area (Å²) in [7, 11) is 0. The van der Waals surface area contributed by atoms with E-state index in [1.54, 1.807) is 0 Å². The van der Waals surface area contributed by atoms with Gasteiger partial charge in [0.1, 0.15) is 0 Å². The highest BCUT2D eigenvalue weighted by molar-refractivity contribution is 6.33. The SMILES string of the molecule is NCC1COCCN1c1ccccc1Cl. The number of rotatable bonds is 2. The van der Waals surface area contributed by atoms with Gasteiger partial charge in [0.15, 0.2) is 0 Å². The van der Waals surface area contributed by atoms with Crippen molar-refractivity contribution in [2.24, 2.45) is 5.73 Å². The number of morpholine rings is 1. The number of hydrogen-bond donors (Lipinski definition) is 1. The van der Waals surface area contributed by atoms with Crippen molar-refractivity contribution in [3.05, 3.63) is 29.3 Å². The molecule has 0 amide bonds. The lowest BCUT2D eigenvalue weighted by molar-refractivity contribution is 0.0963. The van der Waals surface area contributed by atoms with Gasteiger partial charge >= 0.3 is 0 Å². The molecule has 1 aromatic carbocycles. The van der Waals surface area contributed by atoms with E-state index in [4.69, 9.17) is 22.1 Å². The fourth-order valence-electron chi connectivity index (χ4n) is 1.85. The van der Waals surface area contributed by atoms with Crippen LogP contribution in [0.3, 0.4) is 0 Å². The molecule has 0 aliphatic carbocycles. The first-order chi connectivity index (χ1) is 7.33. The summed E-state index contributed by atoms with van der Waals surface area (Å²) in [6.07, 6.45) is 0. The predicted molar refractivity (Wildman–Crippen MR) is 62.5 cm³/mol. The van der Waals surface area contributed by atoms with E-state index in [0.29, 0.717) is 13.2 Å². The molecule has 1 saturated heterocycles. The summed E-state index contributed by atoms with van der Waals surface area (Å²) in [6, 6.07) is 8.09. The molecule has 3 nitrogen and oxygen atoms in total. The van der Waals surface area contributed by atoms with Gasteiger partial charge in [-0.1, -0.05) is 23.7 Å². The second-order valence-corrected chi connectivity index (χ2v) is 4.02. The highest BCUT2D eigenvalue weighted by atomic mass is 35.5. The summed E-state index contributed by atoms with van der Waals surface area (Å²) in [6.45, 7) is 2.86. The van der Waals surface area contributed by atoms with Crippen LogP contribution in [0.25, 0.3) is 0 Å². The van der Waals surface area contributed by atoms with Gasteiger partial charge in [-0.05, 0) is 12.1 Å². The molecule has 0 bridgehead atoms. The van der Waals surface area contributed by atoms with Crippen LogP contribution in [0.1, 0.15) is 0 Å². The maximum absolute atomic E-state index is 6.16. The minimum absolute atomic E-state index is 0.235. The number of nitrogens with two attached hydrogens (primary N) is 1. The predicted octanol–water partition coefficient (Wildman–Crippen LogP) is 1.50. The molecule has 1 heterocycles. The Morgan fingerprint density at radius 1 is 1.47 bits per heavy atom. The van der Waals surface area contributed by atoms with Crippen molar-refractivity contribution in [3.63, 3.8) is 0 Å². The Bertz CT molecular complexity index is 332. The summed E-state index contributed by atoms with van der Waals surface area (Å²) in [5.41, 5.74) is 6.77. The Hall–Kier alpha value is -0.770. The highest BCUT2D eigenvalue weighted by Gasteiger charge is 2.23. The van der Waals surface area contributed by atoms with E-state index in [-0.39, 0.29) is 6.04 Å². The molecular formula is C11H15ClN2O. The zero-order valence-electron chi connectivity index (χ0n) is 8.53. The van der Waals surface area contributed by atoms with Gasteiger partial charge in [-0.3, -0.25) is 0 Å². The third kappa shape index (κ3) is 2.25. The van der Waals surface area contributed by atoms with E-state index in [2.05, 4.69) is 4.90 Å². The van der Waals surface area contributed by atoms with Crippen molar-refractivity contribution >= 4 is 17.3 Å². The lowest BCUT2D eigenvalue weighted by Crippen LogP contribution is -2.49. The van der Waals surface area contributed by atoms with Crippen LogP contribution in [0.4, 0.5) is 5.69 Å². The van der Waals surface area contributed by atoms with Crippen LogP contribution in [-0.2, 0) is 4.74 Å². The lowest BCUT2D eigenvalue weighted by atomic mass is 10.2. The summed E-state index contributed by atoms with van der Waals surface area (Å²) < 4.78 is 5.40. The third-order valence-electron chi connectivity index (χ3n) is 2.66. The van der Waals surface area contributed by atoms with Gasteiger partial charge in [-0.15, -0.1) is 0 Å². The number of benzene rings is 1. The van der Waals surface area contributed by atoms with Crippen LogP contribution in [-0.4, -0.2) is 32.3 Å². The monoisotopic (exact) mass is 226 g/mol. The van der Waals surface area contributed by atoms with Gasteiger partial charge in [0.25, 0.3) is 0 Å². The van der Waals surface area contributed by atoms with Crippen molar-refractivity contribution in [2.45, 2.75) is 6.04 Å². The third-order valence-corrected chi connectivity index (χ3v) is 2.98. The first kappa shape index (κ1) is 10.7. The van der Waals surface area contributed by atoms with E-state index in [1.807, 2.05) is 24.3 Å².